The number of nitrogens with one attached hydrogen (secondary N) is 1. The fourth-order valence-corrected chi connectivity index (χ4v) is 3.34. The molecule has 0 aliphatic rings. The van der Waals surface area contributed by atoms with Gasteiger partial charge in [-0.2, -0.15) is 0 Å². The van der Waals surface area contributed by atoms with Gasteiger partial charge < -0.3 is 14.8 Å². The highest BCUT2D eigenvalue weighted by molar-refractivity contribution is 7.13. The normalized spacial score (nSPS) is 11.0. The first kappa shape index (κ1) is 19.2. The molecule has 0 unspecified atom stereocenters. The van der Waals surface area contributed by atoms with E-state index in [-0.39, 0.29) is 11.9 Å². The summed E-state index contributed by atoms with van der Waals surface area (Å²) in [6.07, 6.45) is 0. The van der Waals surface area contributed by atoms with E-state index in [9.17, 15) is 4.79 Å². The molecule has 2 aromatic rings. The van der Waals surface area contributed by atoms with E-state index in [2.05, 4.69) is 10.3 Å². The molecule has 1 N–H and O–H groups in total. The van der Waals surface area contributed by atoms with E-state index in [1.54, 1.807) is 25.6 Å². The fourth-order valence-electron chi connectivity index (χ4n) is 2.50. The highest BCUT2D eigenvalue weighted by Crippen LogP contribution is 2.38. The summed E-state index contributed by atoms with van der Waals surface area (Å²) >= 11 is 1.55. The molecule has 0 bridgehead atoms. The van der Waals surface area contributed by atoms with Crippen LogP contribution in [0, 0.1) is 0 Å². The third-order valence-electron chi connectivity index (χ3n) is 3.48. The van der Waals surface area contributed by atoms with Crippen LogP contribution >= 0.6 is 11.3 Å². The third kappa shape index (κ3) is 5.17. The molecular formula is C18H25N3O3S. The van der Waals surface area contributed by atoms with Crippen LogP contribution in [-0.4, -0.2) is 49.6 Å². The summed E-state index contributed by atoms with van der Waals surface area (Å²) in [6.45, 7) is 4.85. The van der Waals surface area contributed by atoms with Crippen molar-refractivity contribution in [1.82, 2.24) is 15.2 Å². The largest absolute Gasteiger partial charge is 0.493 e. The van der Waals surface area contributed by atoms with Crippen LogP contribution in [0.5, 0.6) is 11.5 Å². The number of ether oxygens (including phenoxy) is 2. The number of carbonyl (C=O) groups is 1. The summed E-state index contributed by atoms with van der Waals surface area (Å²) < 4.78 is 10.8. The molecule has 25 heavy (non-hydrogen) atoms. The maximum absolute atomic E-state index is 11.8. The predicted molar refractivity (Wildman–Crippen MR) is 100 cm³/mol. The van der Waals surface area contributed by atoms with Crippen molar-refractivity contribution in [2.75, 3.05) is 27.8 Å². The van der Waals surface area contributed by atoms with Crippen LogP contribution in [0.4, 0.5) is 0 Å². The number of para-hydroxylation sites is 1. The highest BCUT2D eigenvalue weighted by Gasteiger charge is 2.15. The lowest BCUT2D eigenvalue weighted by molar-refractivity contribution is -0.122. The Kier molecular flexibility index (Phi) is 6.78. The van der Waals surface area contributed by atoms with Gasteiger partial charge in [-0.05, 0) is 33.0 Å². The van der Waals surface area contributed by atoms with Gasteiger partial charge in [0.1, 0.15) is 5.01 Å². The monoisotopic (exact) mass is 363 g/mol. The zero-order valence-corrected chi connectivity index (χ0v) is 16.1. The molecular weight excluding hydrogens is 338 g/mol. The second-order valence-electron chi connectivity index (χ2n) is 6.08. The average Bonchev–Trinajstić information content (AvgIpc) is 3.00. The van der Waals surface area contributed by atoms with Crippen molar-refractivity contribution in [3.05, 3.63) is 29.3 Å². The van der Waals surface area contributed by atoms with E-state index in [0.29, 0.717) is 24.6 Å². The molecule has 0 aliphatic carbocycles. The number of hydrogen-bond donors (Lipinski definition) is 1. The van der Waals surface area contributed by atoms with Crippen LogP contribution < -0.4 is 14.8 Å². The van der Waals surface area contributed by atoms with Crippen molar-refractivity contribution in [1.29, 1.82) is 0 Å². The van der Waals surface area contributed by atoms with Crippen molar-refractivity contribution >= 4 is 17.2 Å². The molecule has 0 atom stereocenters. The summed E-state index contributed by atoms with van der Waals surface area (Å²) in [7, 11) is 5.15. The second kappa shape index (κ2) is 8.82. The van der Waals surface area contributed by atoms with E-state index in [1.165, 1.54) is 0 Å². The molecule has 1 heterocycles. The minimum atomic E-state index is 0.0161. The standard InChI is InChI=1S/C18H25N3O3S/c1-12(2)19-16(22)10-21(3)9-13-11-25-18(20-13)14-7-6-8-15(23-4)17(14)24-5/h6-8,11-12H,9-10H2,1-5H3,(H,19,22). The first-order valence-electron chi connectivity index (χ1n) is 8.08. The number of methoxy groups -OCH3 is 2. The first-order valence-corrected chi connectivity index (χ1v) is 8.96. The maximum atomic E-state index is 11.8. The summed E-state index contributed by atoms with van der Waals surface area (Å²) in [5.41, 5.74) is 1.82. The van der Waals surface area contributed by atoms with Gasteiger partial charge in [-0.3, -0.25) is 9.69 Å². The van der Waals surface area contributed by atoms with E-state index in [0.717, 1.165) is 16.3 Å². The topological polar surface area (TPSA) is 63.7 Å². The van der Waals surface area contributed by atoms with Gasteiger partial charge in [-0.25, -0.2) is 4.98 Å². The van der Waals surface area contributed by atoms with Gasteiger partial charge >= 0.3 is 0 Å². The number of nitrogens with zero attached hydrogens (tertiary/aromatic N) is 2. The number of aromatic nitrogens is 1. The van der Waals surface area contributed by atoms with Gasteiger partial charge in [-0.15, -0.1) is 11.3 Å². The maximum Gasteiger partial charge on any atom is 0.234 e. The fraction of sp³-hybridized carbons (Fsp3) is 0.444. The van der Waals surface area contributed by atoms with Gasteiger partial charge in [0.25, 0.3) is 0 Å². The van der Waals surface area contributed by atoms with Gasteiger partial charge in [0.15, 0.2) is 11.5 Å². The zero-order valence-electron chi connectivity index (χ0n) is 15.3. The van der Waals surface area contributed by atoms with Crippen molar-refractivity contribution < 1.29 is 14.3 Å². The average molecular weight is 363 g/mol. The molecule has 0 saturated carbocycles. The lowest BCUT2D eigenvalue weighted by Gasteiger charge is -2.16. The molecule has 0 spiro atoms. The van der Waals surface area contributed by atoms with Crippen molar-refractivity contribution in [2.24, 2.45) is 0 Å². The van der Waals surface area contributed by atoms with Crippen LogP contribution in [0.15, 0.2) is 23.6 Å². The first-order chi connectivity index (χ1) is 11.9. The van der Waals surface area contributed by atoms with Crippen molar-refractivity contribution in [2.45, 2.75) is 26.4 Å². The molecule has 0 saturated heterocycles. The minimum absolute atomic E-state index is 0.0161. The number of benzene rings is 1. The Bertz CT molecular complexity index is 715. The van der Waals surface area contributed by atoms with Crippen LogP contribution in [0.3, 0.4) is 0 Å². The number of hydrogen-bond acceptors (Lipinski definition) is 6. The lowest BCUT2D eigenvalue weighted by Crippen LogP contribution is -2.38. The van der Waals surface area contributed by atoms with Crippen LogP contribution in [-0.2, 0) is 11.3 Å². The smallest absolute Gasteiger partial charge is 0.234 e. The molecule has 7 heteroatoms. The zero-order chi connectivity index (χ0) is 18.4. The number of likely N-dealkylation sites (N-methyl/N-ethyl adjacent to an activating group) is 1. The number of amides is 1. The van der Waals surface area contributed by atoms with Gasteiger partial charge in [0, 0.05) is 18.0 Å². The Hall–Kier alpha value is -2.12. The molecule has 1 aromatic carbocycles. The van der Waals surface area contributed by atoms with Crippen molar-refractivity contribution in [3.63, 3.8) is 0 Å². The van der Waals surface area contributed by atoms with Gasteiger partial charge in [0.05, 0.1) is 32.0 Å². The molecule has 136 valence electrons. The molecule has 6 nitrogen and oxygen atoms in total. The van der Waals surface area contributed by atoms with E-state index < -0.39 is 0 Å². The quantitative estimate of drug-likeness (QED) is 0.781. The molecule has 1 aromatic heterocycles. The van der Waals surface area contributed by atoms with Crippen molar-refractivity contribution in [3.8, 4) is 22.1 Å². The van der Waals surface area contributed by atoms with Crippen LogP contribution in [0.25, 0.3) is 10.6 Å². The van der Waals surface area contributed by atoms with Gasteiger partial charge in [0.2, 0.25) is 5.91 Å². The molecule has 0 aliphatic heterocycles. The highest BCUT2D eigenvalue weighted by atomic mass is 32.1. The Morgan fingerprint density at radius 2 is 2.08 bits per heavy atom. The number of thiazole rings is 1. The van der Waals surface area contributed by atoms with Gasteiger partial charge in [-0.1, -0.05) is 6.07 Å². The summed E-state index contributed by atoms with van der Waals surface area (Å²) in [5.74, 6) is 1.37. The SMILES string of the molecule is COc1cccc(-c2nc(CN(C)CC(=O)NC(C)C)cs2)c1OC. The molecule has 0 fully saturated rings. The Labute approximate surface area is 152 Å². The second-order valence-corrected chi connectivity index (χ2v) is 6.94. The molecule has 1 amide bonds. The molecule has 0 radical (unpaired) electrons. The Morgan fingerprint density at radius 3 is 2.72 bits per heavy atom. The van der Waals surface area contributed by atoms with Crippen LogP contribution in [0.2, 0.25) is 0 Å². The Balaban J connectivity index is 2.09. The summed E-state index contributed by atoms with van der Waals surface area (Å²) in [6, 6.07) is 5.88. The third-order valence-corrected chi connectivity index (χ3v) is 4.40. The predicted octanol–water partition coefficient (Wildman–Crippen LogP) is 2.78. The van der Waals surface area contributed by atoms with E-state index in [4.69, 9.17) is 9.47 Å². The summed E-state index contributed by atoms with van der Waals surface area (Å²) in [5, 5.41) is 5.76. The number of carbonyl (C=O) groups excluding carboxylic acids is 1. The Morgan fingerprint density at radius 1 is 1.32 bits per heavy atom. The molecule has 2 rings (SSSR count). The minimum Gasteiger partial charge on any atom is -0.493 e. The number of rotatable bonds is 8. The van der Waals surface area contributed by atoms with E-state index in [1.807, 2.05) is 49.4 Å². The lowest BCUT2D eigenvalue weighted by atomic mass is 10.2. The van der Waals surface area contributed by atoms with Crippen LogP contribution in [0.1, 0.15) is 19.5 Å². The van der Waals surface area contributed by atoms with E-state index >= 15 is 0 Å². The summed E-state index contributed by atoms with van der Waals surface area (Å²) in [4.78, 5) is 18.5.